The Morgan fingerprint density at radius 2 is 0.814 bits per heavy atom. The number of pyridine rings is 3. The van der Waals surface area contributed by atoms with Gasteiger partial charge in [0.25, 0.3) is 0 Å². The molecule has 2 saturated carbocycles. The van der Waals surface area contributed by atoms with E-state index in [2.05, 4.69) is 30.9 Å². The average molecular weight is 1590 g/mol. The largest absolute Gasteiger partial charge is 0.416 e. The van der Waals surface area contributed by atoms with E-state index in [9.17, 15) is 59.9 Å². The first-order chi connectivity index (χ1) is 54.1. The number of aromatic nitrogens is 3. The molecular weight excluding hydrogens is 1470 g/mol. The van der Waals surface area contributed by atoms with Gasteiger partial charge in [-0.05, 0) is 108 Å². The van der Waals surface area contributed by atoms with Crippen LogP contribution in [0.1, 0.15) is 118 Å². The van der Waals surface area contributed by atoms with Crippen molar-refractivity contribution in [2.45, 2.75) is 158 Å². The lowest BCUT2D eigenvalue weighted by atomic mass is 9.83. The van der Waals surface area contributed by atoms with Crippen molar-refractivity contribution in [1.82, 2.24) is 45.0 Å². The molecule has 0 aliphatic heterocycles. The molecule has 28 nitrogen and oxygen atoms in total. The van der Waals surface area contributed by atoms with Gasteiger partial charge in [0, 0.05) is 133 Å². The number of alkyl halides is 3. The van der Waals surface area contributed by atoms with E-state index in [1.165, 1.54) is 41.0 Å². The SMILES string of the molecule is NCCN(CCN)C(=O)C[C@H](N)C(=O)N[C@@H](CC1CCCCC1)C(=O)Cc1ccc2ncccc2c1.NCCN(CCN)C(=O)C[C@H](N)C(=O)N[C@@H](CC1CCCCC1)C(=O)Cc1cnc2ccccc2c1.NCCN(CCN)S(=O)(=O)C[C@H](N)C(=O)N[C@@H](Cc1ccc(C(F)(F)F)cc1)C(=O)Cc1cnc2ccccc2c1. The molecular formula is C81H113F3N18O10S. The van der Waals surface area contributed by atoms with Crippen LogP contribution < -0.4 is 67.6 Å². The third-order valence-electron chi connectivity index (χ3n) is 20.2. The van der Waals surface area contributed by atoms with Gasteiger partial charge < -0.3 is 77.4 Å². The lowest BCUT2D eigenvalue weighted by molar-refractivity contribution is -0.137. The maximum absolute atomic E-state index is 13.4. The maximum Gasteiger partial charge on any atom is 0.416 e. The molecule has 5 amide bonds. The molecule has 21 N–H and O–H groups in total. The van der Waals surface area contributed by atoms with Gasteiger partial charge in [0.05, 0.1) is 77.0 Å². The van der Waals surface area contributed by atoms with Crippen LogP contribution in [0.25, 0.3) is 32.7 Å². The highest BCUT2D eigenvalue weighted by Crippen LogP contribution is 2.32. The topological polar surface area (TPSA) is 489 Å². The molecule has 0 unspecified atom stereocenters. The highest BCUT2D eigenvalue weighted by atomic mass is 32.2. The van der Waals surface area contributed by atoms with Crippen molar-refractivity contribution < 1.29 is 59.9 Å². The number of carbonyl (C=O) groups excluding carboxylic acids is 8. The Kier molecular flexibility index (Phi) is 37.2. The van der Waals surface area contributed by atoms with Crippen molar-refractivity contribution in [2.75, 3.05) is 84.3 Å². The number of hydrogen-bond donors (Lipinski definition) is 12. The number of nitrogens with zero attached hydrogens (tertiary/aromatic N) is 6. The van der Waals surface area contributed by atoms with Gasteiger partial charge in [0.2, 0.25) is 39.6 Å². The second-order valence-electron chi connectivity index (χ2n) is 29.0. The molecule has 32 heteroatoms. The number of rotatable bonds is 40. The Hall–Kier alpha value is -9.19. The minimum Gasteiger partial charge on any atom is -0.345 e. The first kappa shape index (κ1) is 91.0. The van der Waals surface area contributed by atoms with Crippen LogP contribution in [0.2, 0.25) is 0 Å². The van der Waals surface area contributed by atoms with Crippen LogP contribution in [0.5, 0.6) is 0 Å². The molecule has 6 atom stereocenters. The standard InChI is InChI=1S/C27H33F3N6O4S.2C27H40N6O3/c28-27(29,30)21-7-5-18(6-8-21)14-24(25(37)15-19-13-20-3-1-2-4-23(20)34-16-19)35-26(38)22(33)17-41(39,40)36(11-9-31)12-10-32;28-10-12-33(13-11-29)26(35)17-22(30)27(36)32-24(15-19-6-2-1-3-7-19)25(34)16-20-14-21-8-4-5-9-23(21)31-18-20;28-10-13-33(14-11-29)26(35)18-22(30)27(36)32-24(16-19-5-2-1-3-6-19)25(34)17-20-8-9-23-21(15-20)7-4-12-31-23/h1-8,13,16,22,24H,9-12,14-15,17,31-33H2,(H,35,38);4-5,8-9,14,18-19,22,24H,1-3,6-7,10-13,15-17,28-30H2,(H,32,36);4,7-9,12,15,19,22,24H,1-3,5-6,10-11,13-14,16-18,28-30H2,(H,32,36)/t3*22-,24-/m000/s1. The summed E-state index contributed by atoms with van der Waals surface area (Å²) in [6.07, 6.45) is 12.6. The monoisotopic (exact) mass is 1590 g/mol. The van der Waals surface area contributed by atoms with Crippen molar-refractivity contribution >= 4 is 89.6 Å². The Morgan fingerprint density at radius 3 is 1.25 bits per heavy atom. The van der Waals surface area contributed by atoms with Gasteiger partial charge >= 0.3 is 6.18 Å². The van der Waals surface area contributed by atoms with Gasteiger partial charge in [-0.2, -0.15) is 17.5 Å². The Bertz CT molecular complexity index is 4180. The van der Waals surface area contributed by atoms with Crippen molar-refractivity contribution in [3.05, 3.63) is 162 Å². The average Bonchev–Trinajstić information content (AvgIpc) is 0.841. The summed E-state index contributed by atoms with van der Waals surface area (Å²) in [5, 5.41) is 11.0. The summed E-state index contributed by atoms with van der Waals surface area (Å²) in [5.74, 6) is -3.00. The maximum atomic E-state index is 13.4. The van der Waals surface area contributed by atoms with Gasteiger partial charge in [-0.15, -0.1) is 0 Å². The number of para-hydroxylation sites is 2. The third-order valence-corrected chi connectivity index (χ3v) is 22.1. The lowest BCUT2D eigenvalue weighted by Crippen LogP contribution is -2.53. The van der Waals surface area contributed by atoms with Crippen LogP contribution >= 0.6 is 0 Å². The molecule has 2 fully saturated rings. The quantitative estimate of drug-likeness (QED) is 0.0261. The molecule has 7 aromatic rings. The first-order valence-corrected chi connectivity index (χ1v) is 40.4. The molecule has 3 aromatic heterocycles. The summed E-state index contributed by atoms with van der Waals surface area (Å²) >= 11 is 0. The molecule has 614 valence electrons. The van der Waals surface area contributed by atoms with Crippen LogP contribution in [0, 0.1) is 11.8 Å². The fourth-order valence-corrected chi connectivity index (χ4v) is 15.7. The number of benzene rings is 4. The predicted octanol–water partition coefficient (Wildman–Crippen LogP) is 3.50. The highest BCUT2D eigenvalue weighted by molar-refractivity contribution is 7.89. The predicted molar refractivity (Wildman–Crippen MR) is 431 cm³/mol. The number of ketones is 3. The summed E-state index contributed by atoms with van der Waals surface area (Å²) in [5.41, 5.74) is 55.6. The zero-order valence-corrected chi connectivity index (χ0v) is 65.1. The number of nitrogens with one attached hydrogen (secondary N) is 3. The summed E-state index contributed by atoms with van der Waals surface area (Å²) in [6.45, 7) is 2.67. The second-order valence-corrected chi connectivity index (χ2v) is 31.0. The summed E-state index contributed by atoms with van der Waals surface area (Å²) in [6, 6.07) is 26.4. The van der Waals surface area contributed by atoms with Gasteiger partial charge in [-0.3, -0.25) is 53.3 Å². The van der Waals surface area contributed by atoms with Crippen LogP contribution in [0.4, 0.5) is 13.2 Å². The van der Waals surface area contributed by atoms with Crippen LogP contribution in [-0.2, 0) is 80.2 Å². The molecule has 113 heavy (non-hydrogen) atoms. The molecule has 9 rings (SSSR count). The summed E-state index contributed by atoms with van der Waals surface area (Å²) in [7, 11) is -4.01. The summed E-state index contributed by atoms with van der Waals surface area (Å²) < 4.78 is 65.7. The van der Waals surface area contributed by atoms with E-state index in [4.69, 9.17) is 51.6 Å². The number of fused-ring (bicyclic) bond motifs is 3. The van der Waals surface area contributed by atoms with Gasteiger partial charge in [0.1, 0.15) is 0 Å². The molecule has 0 radical (unpaired) electrons. The van der Waals surface area contributed by atoms with E-state index >= 15 is 0 Å². The molecule has 2 aliphatic carbocycles. The minimum absolute atomic E-state index is 0.0112. The van der Waals surface area contributed by atoms with E-state index in [-0.39, 0.29) is 88.1 Å². The van der Waals surface area contributed by atoms with Gasteiger partial charge in [-0.1, -0.05) is 125 Å². The Balaban J connectivity index is 0.000000236. The smallest absolute Gasteiger partial charge is 0.345 e. The zero-order valence-electron chi connectivity index (χ0n) is 64.2. The number of carbonyl (C=O) groups is 8. The molecule has 0 saturated heterocycles. The number of sulfonamides is 1. The highest BCUT2D eigenvalue weighted by Gasteiger charge is 2.35. The van der Waals surface area contributed by atoms with Crippen molar-refractivity contribution in [1.29, 1.82) is 0 Å². The molecule has 2 aliphatic rings. The Labute approximate surface area is 658 Å². The van der Waals surface area contributed by atoms with Crippen LogP contribution in [0.15, 0.2) is 134 Å². The van der Waals surface area contributed by atoms with E-state index in [0.29, 0.717) is 88.2 Å². The number of nitrogens with two attached hydrogens (primary N) is 9. The molecule has 0 spiro atoms. The fourth-order valence-electron chi connectivity index (χ4n) is 14.1. The number of amides is 5. The molecule has 4 aromatic carbocycles. The molecule has 0 bridgehead atoms. The van der Waals surface area contributed by atoms with E-state index in [1.807, 2.05) is 84.9 Å². The lowest BCUT2D eigenvalue weighted by Gasteiger charge is -2.28. The normalized spacial score (nSPS) is 15.1. The van der Waals surface area contributed by atoms with E-state index in [1.54, 1.807) is 18.5 Å². The van der Waals surface area contributed by atoms with Gasteiger partial charge in [-0.25, -0.2) is 8.42 Å². The third kappa shape index (κ3) is 29.6. The van der Waals surface area contributed by atoms with Crippen molar-refractivity contribution in [3.63, 3.8) is 0 Å². The number of Topliss-reactive ketones (excluding diaryl/α,β-unsaturated/α-hetero) is 3. The number of hydrogen-bond acceptors (Lipinski definition) is 22. The van der Waals surface area contributed by atoms with E-state index in [0.717, 1.165) is 112 Å². The Morgan fingerprint density at radius 1 is 0.442 bits per heavy atom. The van der Waals surface area contributed by atoms with Crippen molar-refractivity contribution in [3.8, 4) is 0 Å². The number of halogens is 3. The second kappa shape index (κ2) is 46.2. The minimum atomic E-state index is -4.54. The summed E-state index contributed by atoms with van der Waals surface area (Å²) in [4.78, 5) is 121. The first-order valence-electron chi connectivity index (χ1n) is 38.8. The van der Waals surface area contributed by atoms with E-state index < -0.39 is 87.3 Å². The zero-order chi connectivity index (χ0) is 82.0. The van der Waals surface area contributed by atoms with Crippen LogP contribution in [-0.4, -0.2) is 205 Å². The fraction of sp³-hybridized carbons (Fsp3) is 0.494. The van der Waals surface area contributed by atoms with Crippen LogP contribution in [0.3, 0.4) is 0 Å². The molecule has 3 heterocycles. The van der Waals surface area contributed by atoms with Crippen molar-refractivity contribution in [2.24, 2.45) is 63.4 Å². The van der Waals surface area contributed by atoms with Gasteiger partial charge in [0.15, 0.2) is 17.3 Å².